The normalized spacial score (nSPS) is 10.8. The predicted octanol–water partition coefficient (Wildman–Crippen LogP) is 3.38. The highest BCUT2D eigenvalue weighted by Crippen LogP contribution is 2.23. The summed E-state index contributed by atoms with van der Waals surface area (Å²) in [5.74, 6) is 0.488. The molecule has 0 atom stereocenters. The summed E-state index contributed by atoms with van der Waals surface area (Å²) in [6, 6.07) is 8.25. The SMILES string of the molecule is COC(=O)CCc1cn(CCCCl)c2ccccc12. The Morgan fingerprint density at radius 3 is 2.89 bits per heavy atom. The monoisotopic (exact) mass is 279 g/mol. The smallest absolute Gasteiger partial charge is 0.305 e. The summed E-state index contributed by atoms with van der Waals surface area (Å²) in [7, 11) is 1.42. The Kier molecular flexibility index (Phi) is 4.86. The first-order chi connectivity index (χ1) is 9.26. The van der Waals surface area contributed by atoms with Crippen molar-refractivity contribution in [1.82, 2.24) is 4.57 Å². The van der Waals surface area contributed by atoms with E-state index in [2.05, 4.69) is 22.9 Å². The standard InChI is InChI=1S/C15H18ClNO2/c1-19-15(18)8-7-12-11-17(10-4-9-16)14-6-3-2-5-13(12)14/h2-3,5-6,11H,4,7-10H2,1H3. The number of rotatable bonds is 6. The number of benzene rings is 1. The molecule has 0 saturated heterocycles. The Labute approximate surface area is 118 Å². The number of alkyl halides is 1. The van der Waals surface area contributed by atoms with Crippen LogP contribution in [0.15, 0.2) is 30.5 Å². The van der Waals surface area contributed by atoms with Gasteiger partial charge in [0.1, 0.15) is 0 Å². The van der Waals surface area contributed by atoms with Crippen molar-refractivity contribution in [3.05, 3.63) is 36.0 Å². The van der Waals surface area contributed by atoms with E-state index < -0.39 is 0 Å². The van der Waals surface area contributed by atoms with Gasteiger partial charge in [0.15, 0.2) is 0 Å². The molecule has 2 aromatic rings. The Hall–Kier alpha value is -1.48. The first-order valence-electron chi connectivity index (χ1n) is 6.45. The van der Waals surface area contributed by atoms with E-state index in [4.69, 9.17) is 16.3 Å². The molecule has 4 heteroatoms. The zero-order valence-corrected chi connectivity index (χ0v) is 11.8. The molecule has 1 aromatic carbocycles. The molecule has 0 saturated carbocycles. The van der Waals surface area contributed by atoms with Gasteiger partial charge >= 0.3 is 5.97 Å². The van der Waals surface area contributed by atoms with E-state index in [9.17, 15) is 4.79 Å². The molecular formula is C15H18ClNO2. The van der Waals surface area contributed by atoms with Crippen LogP contribution >= 0.6 is 11.6 Å². The minimum absolute atomic E-state index is 0.169. The lowest BCUT2D eigenvalue weighted by molar-refractivity contribution is -0.140. The fraction of sp³-hybridized carbons (Fsp3) is 0.400. The van der Waals surface area contributed by atoms with Crippen molar-refractivity contribution in [2.24, 2.45) is 0 Å². The Morgan fingerprint density at radius 2 is 2.16 bits per heavy atom. The largest absolute Gasteiger partial charge is 0.469 e. The molecule has 0 unspecified atom stereocenters. The number of halogens is 1. The van der Waals surface area contributed by atoms with Gasteiger partial charge in [0, 0.05) is 35.9 Å². The van der Waals surface area contributed by atoms with E-state index in [0.717, 1.165) is 13.0 Å². The number of ether oxygens (including phenoxy) is 1. The average Bonchev–Trinajstić information content (AvgIpc) is 2.81. The summed E-state index contributed by atoms with van der Waals surface area (Å²) in [5.41, 5.74) is 2.39. The highest BCUT2D eigenvalue weighted by molar-refractivity contribution is 6.17. The molecule has 0 amide bonds. The summed E-state index contributed by atoms with van der Waals surface area (Å²) in [4.78, 5) is 11.3. The number of nitrogens with zero attached hydrogens (tertiary/aromatic N) is 1. The lowest BCUT2D eigenvalue weighted by Gasteiger charge is -2.02. The molecule has 102 valence electrons. The molecule has 2 rings (SSSR count). The summed E-state index contributed by atoms with van der Waals surface area (Å²) in [6.07, 6.45) is 4.19. The maximum Gasteiger partial charge on any atom is 0.305 e. The van der Waals surface area contributed by atoms with Crippen LogP contribution in [0.3, 0.4) is 0 Å². The van der Waals surface area contributed by atoms with E-state index in [-0.39, 0.29) is 5.97 Å². The number of aryl methyl sites for hydroxylation is 2. The minimum Gasteiger partial charge on any atom is -0.469 e. The van der Waals surface area contributed by atoms with Crippen LogP contribution in [0.25, 0.3) is 10.9 Å². The predicted molar refractivity (Wildman–Crippen MR) is 77.6 cm³/mol. The first-order valence-corrected chi connectivity index (χ1v) is 6.99. The molecule has 0 aliphatic carbocycles. The van der Waals surface area contributed by atoms with Gasteiger partial charge in [-0.05, 0) is 24.5 Å². The van der Waals surface area contributed by atoms with Crippen molar-refractivity contribution in [2.75, 3.05) is 13.0 Å². The number of fused-ring (bicyclic) bond motifs is 1. The molecule has 0 radical (unpaired) electrons. The van der Waals surface area contributed by atoms with Crippen molar-refractivity contribution in [2.45, 2.75) is 25.8 Å². The lowest BCUT2D eigenvalue weighted by atomic mass is 10.1. The number of hydrogen-bond donors (Lipinski definition) is 0. The topological polar surface area (TPSA) is 31.2 Å². The first kappa shape index (κ1) is 13.9. The Bertz CT molecular complexity index is 562. The molecule has 3 nitrogen and oxygen atoms in total. The molecule has 0 bridgehead atoms. The molecule has 19 heavy (non-hydrogen) atoms. The number of carbonyl (C=O) groups is 1. The van der Waals surface area contributed by atoms with Gasteiger partial charge in [-0.1, -0.05) is 18.2 Å². The van der Waals surface area contributed by atoms with Crippen LogP contribution in [0.1, 0.15) is 18.4 Å². The molecule has 1 aromatic heterocycles. The van der Waals surface area contributed by atoms with Gasteiger partial charge in [-0.2, -0.15) is 0 Å². The lowest BCUT2D eigenvalue weighted by Crippen LogP contribution is -2.01. The van der Waals surface area contributed by atoms with E-state index in [1.54, 1.807) is 0 Å². The zero-order valence-electron chi connectivity index (χ0n) is 11.1. The third kappa shape index (κ3) is 3.29. The summed E-state index contributed by atoms with van der Waals surface area (Å²) >= 11 is 5.76. The molecule has 0 N–H and O–H groups in total. The maximum atomic E-state index is 11.3. The van der Waals surface area contributed by atoms with E-state index in [1.165, 1.54) is 23.6 Å². The number of methoxy groups -OCH3 is 1. The van der Waals surface area contributed by atoms with Gasteiger partial charge in [0.2, 0.25) is 0 Å². The summed E-state index contributed by atoms with van der Waals surface area (Å²) in [5, 5.41) is 1.21. The maximum absolute atomic E-state index is 11.3. The van der Waals surface area contributed by atoms with Gasteiger partial charge in [-0.15, -0.1) is 11.6 Å². The highest BCUT2D eigenvalue weighted by atomic mass is 35.5. The van der Waals surface area contributed by atoms with Gasteiger partial charge in [-0.25, -0.2) is 0 Å². The Morgan fingerprint density at radius 1 is 1.37 bits per heavy atom. The van der Waals surface area contributed by atoms with Crippen molar-refractivity contribution in [3.8, 4) is 0 Å². The molecular weight excluding hydrogens is 262 g/mol. The molecule has 0 aliphatic rings. The second kappa shape index (κ2) is 6.62. The fourth-order valence-corrected chi connectivity index (χ4v) is 2.40. The quantitative estimate of drug-likeness (QED) is 0.600. The van der Waals surface area contributed by atoms with Gasteiger partial charge in [0.25, 0.3) is 0 Å². The number of hydrogen-bond acceptors (Lipinski definition) is 2. The van der Waals surface area contributed by atoms with Gasteiger partial charge in [0.05, 0.1) is 7.11 Å². The molecule has 0 aliphatic heterocycles. The van der Waals surface area contributed by atoms with Gasteiger partial charge in [-0.3, -0.25) is 4.79 Å². The minimum atomic E-state index is -0.169. The van der Waals surface area contributed by atoms with Crippen LogP contribution in [0.5, 0.6) is 0 Å². The summed E-state index contributed by atoms with van der Waals surface area (Å²) < 4.78 is 6.91. The molecule has 1 heterocycles. The van der Waals surface area contributed by atoms with E-state index in [1.807, 2.05) is 12.1 Å². The zero-order chi connectivity index (χ0) is 13.7. The van der Waals surface area contributed by atoms with Crippen LogP contribution in [0.2, 0.25) is 0 Å². The van der Waals surface area contributed by atoms with Gasteiger partial charge < -0.3 is 9.30 Å². The second-order valence-corrected chi connectivity index (χ2v) is 4.86. The number of aromatic nitrogens is 1. The highest BCUT2D eigenvalue weighted by Gasteiger charge is 2.09. The second-order valence-electron chi connectivity index (χ2n) is 4.48. The van der Waals surface area contributed by atoms with Crippen LogP contribution in [0.4, 0.5) is 0 Å². The van der Waals surface area contributed by atoms with Crippen LogP contribution in [0, 0.1) is 0 Å². The van der Waals surface area contributed by atoms with Crippen molar-refractivity contribution < 1.29 is 9.53 Å². The fourth-order valence-electron chi connectivity index (χ4n) is 2.28. The average molecular weight is 280 g/mol. The summed E-state index contributed by atoms with van der Waals surface area (Å²) in [6.45, 7) is 0.905. The van der Waals surface area contributed by atoms with E-state index in [0.29, 0.717) is 18.7 Å². The van der Waals surface area contributed by atoms with Crippen LogP contribution in [-0.4, -0.2) is 23.5 Å². The van der Waals surface area contributed by atoms with Crippen molar-refractivity contribution >= 4 is 28.5 Å². The van der Waals surface area contributed by atoms with E-state index >= 15 is 0 Å². The van der Waals surface area contributed by atoms with Crippen molar-refractivity contribution in [3.63, 3.8) is 0 Å². The third-order valence-electron chi connectivity index (χ3n) is 3.23. The number of para-hydroxylation sites is 1. The Balaban J connectivity index is 2.25. The molecule has 0 fully saturated rings. The molecule has 0 spiro atoms. The van der Waals surface area contributed by atoms with Crippen molar-refractivity contribution in [1.29, 1.82) is 0 Å². The van der Waals surface area contributed by atoms with Crippen LogP contribution < -0.4 is 0 Å². The number of carbonyl (C=O) groups excluding carboxylic acids is 1. The third-order valence-corrected chi connectivity index (χ3v) is 3.50. The number of esters is 1. The van der Waals surface area contributed by atoms with Crippen LogP contribution in [-0.2, 0) is 22.5 Å².